The summed E-state index contributed by atoms with van der Waals surface area (Å²) in [6.07, 6.45) is 1.80. The molecule has 0 aliphatic carbocycles. The van der Waals surface area contributed by atoms with Gasteiger partial charge in [-0.3, -0.25) is 9.36 Å². The third-order valence-corrected chi connectivity index (χ3v) is 7.06. The Morgan fingerprint density at radius 1 is 1.05 bits per heavy atom. The zero-order chi connectivity index (χ0) is 25.8. The lowest BCUT2D eigenvalue weighted by molar-refractivity contribution is -0.113. The number of thioether (sulfide) groups is 1. The maximum absolute atomic E-state index is 12.7. The molecule has 0 bridgehead atoms. The fourth-order valence-electron chi connectivity index (χ4n) is 4.05. The van der Waals surface area contributed by atoms with E-state index in [-0.39, 0.29) is 11.7 Å². The largest absolute Gasteiger partial charge is 0.325 e. The Labute approximate surface area is 224 Å². The van der Waals surface area contributed by atoms with Crippen LogP contribution in [0, 0.1) is 6.92 Å². The predicted octanol–water partition coefficient (Wildman–Crippen LogP) is 7.04. The van der Waals surface area contributed by atoms with Crippen LogP contribution in [0.3, 0.4) is 0 Å². The minimum atomic E-state index is -0.147. The summed E-state index contributed by atoms with van der Waals surface area (Å²) in [7, 11) is 0. The van der Waals surface area contributed by atoms with E-state index in [1.54, 1.807) is 18.2 Å². The van der Waals surface area contributed by atoms with Crippen LogP contribution in [-0.2, 0) is 11.3 Å². The van der Waals surface area contributed by atoms with Gasteiger partial charge in [0.25, 0.3) is 0 Å². The van der Waals surface area contributed by atoms with E-state index in [2.05, 4.69) is 22.1 Å². The van der Waals surface area contributed by atoms with Crippen molar-refractivity contribution in [2.24, 2.45) is 0 Å². The first-order chi connectivity index (χ1) is 18.0. The molecule has 1 amide bonds. The number of aryl methyl sites for hydroxylation is 1. The number of benzene rings is 3. The van der Waals surface area contributed by atoms with E-state index in [4.69, 9.17) is 16.6 Å². The zero-order valence-corrected chi connectivity index (χ0v) is 21.8. The van der Waals surface area contributed by atoms with E-state index in [9.17, 15) is 4.79 Å². The molecule has 37 heavy (non-hydrogen) atoms. The second-order valence-electron chi connectivity index (χ2n) is 8.44. The van der Waals surface area contributed by atoms with Gasteiger partial charge in [0.1, 0.15) is 0 Å². The monoisotopic (exact) mass is 525 g/mol. The van der Waals surface area contributed by atoms with Crippen LogP contribution >= 0.6 is 23.4 Å². The van der Waals surface area contributed by atoms with Crippen LogP contribution in [0.1, 0.15) is 5.56 Å². The summed E-state index contributed by atoms with van der Waals surface area (Å²) in [5, 5.41) is 14.1. The number of para-hydroxylation sites is 1. The number of amides is 1. The lowest BCUT2D eigenvalue weighted by Gasteiger charge is -2.12. The highest BCUT2D eigenvalue weighted by Gasteiger charge is 2.19. The molecule has 0 aliphatic heterocycles. The Balaban J connectivity index is 1.48. The number of anilines is 1. The van der Waals surface area contributed by atoms with Crippen LogP contribution in [0.5, 0.6) is 0 Å². The molecule has 0 spiro atoms. The number of fused-ring (bicyclic) bond motifs is 1. The molecule has 0 unspecified atom stereocenters. The van der Waals surface area contributed by atoms with Crippen molar-refractivity contribution in [1.82, 2.24) is 19.7 Å². The first kappa shape index (κ1) is 24.7. The Morgan fingerprint density at radius 3 is 2.65 bits per heavy atom. The lowest BCUT2D eigenvalue weighted by atomic mass is 10.0. The number of hydrogen-bond donors (Lipinski definition) is 1. The fourth-order valence-corrected chi connectivity index (χ4v) is 4.97. The molecule has 184 valence electrons. The summed E-state index contributed by atoms with van der Waals surface area (Å²) in [5.41, 5.74) is 5.31. The predicted molar refractivity (Wildman–Crippen MR) is 152 cm³/mol. The number of pyridine rings is 1. The fraction of sp³-hybridized carbons (Fsp3) is 0.103. The number of halogens is 1. The van der Waals surface area contributed by atoms with Gasteiger partial charge in [0.2, 0.25) is 5.91 Å². The average Bonchev–Trinajstić information content (AvgIpc) is 3.32. The Hall–Kier alpha value is -3.94. The van der Waals surface area contributed by atoms with E-state index in [1.807, 2.05) is 78.2 Å². The summed E-state index contributed by atoms with van der Waals surface area (Å²) >= 11 is 7.42. The standard InChI is InChI=1S/C29H24ClN5OS/c1-3-15-35-28(33-34-29(35)37-18-27(36)32-25-16-21(30)14-13-19(25)2)23-17-26(20-9-5-4-6-10-20)31-24-12-8-7-11-22(23)24/h3-14,16-17H,1,15,18H2,2H3,(H,32,36). The number of aromatic nitrogens is 4. The topological polar surface area (TPSA) is 72.7 Å². The van der Waals surface area contributed by atoms with E-state index in [0.717, 1.165) is 33.3 Å². The number of nitrogens with one attached hydrogen (secondary N) is 1. The highest BCUT2D eigenvalue weighted by Crippen LogP contribution is 2.33. The van der Waals surface area contributed by atoms with Gasteiger partial charge in [-0.15, -0.1) is 16.8 Å². The van der Waals surface area contributed by atoms with Crippen LogP contribution in [0.4, 0.5) is 5.69 Å². The summed E-state index contributed by atoms with van der Waals surface area (Å²) in [6, 6.07) is 25.5. The molecule has 0 atom stereocenters. The van der Waals surface area contributed by atoms with Gasteiger partial charge in [-0.25, -0.2) is 4.98 Å². The maximum atomic E-state index is 12.7. The Morgan fingerprint density at radius 2 is 1.84 bits per heavy atom. The molecule has 0 radical (unpaired) electrons. The molecule has 0 saturated heterocycles. The van der Waals surface area contributed by atoms with Crippen molar-refractivity contribution in [2.45, 2.75) is 18.6 Å². The molecule has 5 rings (SSSR count). The molecule has 8 heteroatoms. The normalized spacial score (nSPS) is 11.0. The van der Waals surface area contributed by atoms with Gasteiger partial charge in [-0.05, 0) is 36.8 Å². The summed E-state index contributed by atoms with van der Waals surface area (Å²) in [5.74, 6) is 0.725. The molecule has 6 nitrogen and oxygen atoms in total. The van der Waals surface area contributed by atoms with Crippen LogP contribution in [-0.4, -0.2) is 31.4 Å². The molecule has 0 aliphatic rings. The first-order valence-corrected chi connectivity index (χ1v) is 13.1. The summed E-state index contributed by atoms with van der Waals surface area (Å²) in [6.45, 7) is 6.34. The molecular weight excluding hydrogens is 502 g/mol. The van der Waals surface area contributed by atoms with Gasteiger partial charge in [0.15, 0.2) is 11.0 Å². The van der Waals surface area contributed by atoms with Gasteiger partial charge < -0.3 is 5.32 Å². The van der Waals surface area contributed by atoms with Gasteiger partial charge in [0.05, 0.1) is 17.0 Å². The van der Waals surface area contributed by atoms with Crippen molar-refractivity contribution < 1.29 is 4.79 Å². The molecule has 2 aromatic heterocycles. The average molecular weight is 526 g/mol. The summed E-state index contributed by atoms with van der Waals surface area (Å²) in [4.78, 5) is 17.6. The third kappa shape index (κ3) is 5.43. The molecule has 0 saturated carbocycles. The van der Waals surface area contributed by atoms with Crippen LogP contribution in [0.15, 0.2) is 96.7 Å². The van der Waals surface area contributed by atoms with Crippen LogP contribution in [0.2, 0.25) is 5.02 Å². The van der Waals surface area contributed by atoms with Crippen molar-refractivity contribution >= 4 is 45.9 Å². The second kappa shape index (κ2) is 11.0. The quantitative estimate of drug-likeness (QED) is 0.174. The zero-order valence-electron chi connectivity index (χ0n) is 20.2. The minimum absolute atomic E-state index is 0.147. The number of carbonyl (C=O) groups excluding carboxylic acids is 1. The number of hydrogen-bond acceptors (Lipinski definition) is 5. The molecule has 2 heterocycles. The van der Waals surface area contributed by atoms with Gasteiger partial charge in [0, 0.05) is 33.8 Å². The number of nitrogens with zero attached hydrogens (tertiary/aromatic N) is 4. The summed E-state index contributed by atoms with van der Waals surface area (Å²) < 4.78 is 1.98. The highest BCUT2D eigenvalue weighted by atomic mass is 35.5. The molecule has 0 fully saturated rings. The van der Waals surface area contributed by atoms with Gasteiger partial charge >= 0.3 is 0 Å². The maximum Gasteiger partial charge on any atom is 0.234 e. The van der Waals surface area contributed by atoms with E-state index < -0.39 is 0 Å². The second-order valence-corrected chi connectivity index (χ2v) is 9.82. The first-order valence-electron chi connectivity index (χ1n) is 11.7. The van der Waals surface area contributed by atoms with Crippen molar-refractivity contribution in [1.29, 1.82) is 0 Å². The SMILES string of the molecule is C=CCn1c(SCC(=O)Nc2cc(Cl)ccc2C)nnc1-c1cc(-c2ccccc2)nc2ccccc12. The van der Waals surface area contributed by atoms with Crippen molar-refractivity contribution in [3.05, 3.63) is 102 Å². The third-order valence-electron chi connectivity index (χ3n) is 5.86. The van der Waals surface area contributed by atoms with Gasteiger partial charge in [-0.1, -0.05) is 84.0 Å². The number of rotatable bonds is 8. The van der Waals surface area contributed by atoms with Crippen molar-refractivity contribution in [3.8, 4) is 22.6 Å². The Kier molecular flexibility index (Phi) is 7.35. The number of allylic oxidation sites excluding steroid dienone is 1. The minimum Gasteiger partial charge on any atom is -0.325 e. The van der Waals surface area contributed by atoms with E-state index in [0.29, 0.717) is 28.2 Å². The highest BCUT2D eigenvalue weighted by molar-refractivity contribution is 7.99. The van der Waals surface area contributed by atoms with Crippen molar-refractivity contribution in [2.75, 3.05) is 11.1 Å². The van der Waals surface area contributed by atoms with Crippen LogP contribution < -0.4 is 5.32 Å². The molecule has 5 aromatic rings. The van der Waals surface area contributed by atoms with E-state index in [1.165, 1.54) is 11.8 Å². The van der Waals surface area contributed by atoms with Crippen LogP contribution in [0.25, 0.3) is 33.5 Å². The number of carbonyl (C=O) groups is 1. The Bertz CT molecular complexity index is 1600. The van der Waals surface area contributed by atoms with E-state index >= 15 is 0 Å². The smallest absolute Gasteiger partial charge is 0.234 e. The molecule has 3 aromatic carbocycles. The van der Waals surface area contributed by atoms with Crippen molar-refractivity contribution in [3.63, 3.8) is 0 Å². The molecular formula is C29H24ClN5OS. The van der Waals surface area contributed by atoms with Gasteiger partial charge in [-0.2, -0.15) is 0 Å². The lowest BCUT2D eigenvalue weighted by Crippen LogP contribution is -2.15. The molecule has 1 N–H and O–H groups in total.